The average molecular weight is 241 g/mol. The Kier molecular flexibility index (Phi) is 3.63. The van der Waals surface area contributed by atoms with E-state index < -0.39 is 0 Å². The minimum absolute atomic E-state index is 0.0915. The number of carbonyl (C=O) groups is 1. The Labute approximate surface area is 106 Å². The molecule has 0 aliphatic rings. The summed E-state index contributed by atoms with van der Waals surface area (Å²) in [5.74, 6) is 0.0505. The van der Waals surface area contributed by atoms with Crippen molar-refractivity contribution in [3.05, 3.63) is 59.7 Å². The van der Waals surface area contributed by atoms with Gasteiger partial charge in [-0.05, 0) is 24.6 Å². The zero-order valence-electron chi connectivity index (χ0n) is 10.2. The molecule has 0 aliphatic carbocycles. The van der Waals surface area contributed by atoms with Crippen molar-refractivity contribution in [1.82, 2.24) is 0 Å². The van der Waals surface area contributed by atoms with Gasteiger partial charge in [-0.3, -0.25) is 4.79 Å². The average Bonchev–Trinajstić information content (AvgIpc) is 2.28. The summed E-state index contributed by atoms with van der Waals surface area (Å²) >= 11 is 0. The van der Waals surface area contributed by atoms with Gasteiger partial charge in [-0.15, -0.1) is 0 Å². The SMILES string of the molecule is Cc1cccc(CC(=O)Nc2cccc(O)c2)c1. The molecule has 0 aliphatic heterocycles. The van der Waals surface area contributed by atoms with Gasteiger partial charge in [-0.25, -0.2) is 0 Å². The fraction of sp³-hybridized carbons (Fsp3) is 0.133. The van der Waals surface area contributed by atoms with Crippen molar-refractivity contribution >= 4 is 11.6 Å². The van der Waals surface area contributed by atoms with Crippen LogP contribution in [0.25, 0.3) is 0 Å². The standard InChI is InChI=1S/C15H15NO2/c1-11-4-2-5-12(8-11)9-15(18)16-13-6-3-7-14(17)10-13/h2-8,10,17H,9H2,1H3,(H,16,18). The van der Waals surface area contributed by atoms with Crippen molar-refractivity contribution in [2.45, 2.75) is 13.3 Å². The monoisotopic (exact) mass is 241 g/mol. The Morgan fingerprint density at radius 3 is 2.67 bits per heavy atom. The van der Waals surface area contributed by atoms with Crippen LogP contribution in [0.15, 0.2) is 48.5 Å². The van der Waals surface area contributed by atoms with Gasteiger partial charge in [0, 0.05) is 11.8 Å². The van der Waals surface area contributed by atoms with Crippen molar-refractivity contribution in [3.8, 4) is 5.75 Å². The topological polar surface area (TPSA) is 49.3 Å². The molecule has 0 heterocycles. The quantitative estimate of drug-likeness (QED) is 0.868. The van der Waals surface area contributed by atoms with Crippen LogP contribution < -0.4 is 5.32 Å². The molecule has 3 nitrogen and oxygen atoms in total. The minimum atomic E-state index is -0.0915. The van der Waals surface area contributed by atoms with E-state index in [1.165, 1.54) is 6.07 Å². The first-order chi connectivity index (χ1) is 8.63. The number of hydrogen-bond acceptors (Lipinski definition) is 2. The number of phenolic OH excluding ortho intramolecular Hbond substituents is 1. The summed E-state index contributed by atoms with van der Waals surface area (Å²) in [6.45, 7) is 2.00. The molecule has 3 heteroatoms. The largest absolute Gasteiger partial charge is 0.508 e. The van der Waals surface area contributed by atoms with E-state index in [-0.39, 0.29) is 11.7 Å². The summed E-state index contributed by atoms with van der Waals surface area (Å²) < 4.78 is 0. The molecule has 0 saturated heterocycles. The predicted octanol–water partition coefficient (Wildman–Crippen LogP) is 2.88. The van der Waals surface area contributed by atoms with Gasteiger partial charge in [0.2, 0.25) is 5.91 Å². The number of phenols is 1. The second-order valence-electron chi connectivity index (χ2n) is 4.26. The highest BCUT2D eigenvalue weighted by atomic mass is 16.3. The first-order valence-corrected chi connectivity index (χ1v) is 5.78. The molecule has 0 unspecified atom stereocenters. The van der Waals surface area contributed by atoms with Crippen LogP contribution in [0.3, 0.4) is 0 Å². The molecule has 92 valence electrons. The van der Waals surface area contributed by atoms with E-state index in [0.29, 0.717) is 12.1 Å². The molecule has 2 aromatic carbocycles. The summed E-state index contributed by atoms with van der Waals surface area (Å²) in [5.41, 5.74) is 2.72. The summed E-state index contributed by atoms with van der Waals surface area (Å²) in [4.78, 5) is 11.8. The van der Waals surface area contributed by atoms with Crippen molar-refractivity contribution < 1.29 is 9.90 Å². The molecule has 2 aromatic rings. The van der Waals surface area contributed by atoms with Crippen LogP contribution in [0.4, 0.5) is 5.69 Å². The van der Waals surface area contributed by atoms with E-state index >= 15 is 0 Å². The second-order valence-corrected chi connectivity index (χ2v) is 4.26. The predicted molar refractivity (Wildman–Crippen MR) is 71.6 cm³/mol. The van der Waals surface area contributed by atoms with Gasteiger partial charge >= 0.3 is 0 Å². The maximum atomic E-state index is 11.8. The van der Waals surface area contributed by atoms with Crippen LogP contribution in [0.1, 0.15) is 11.1 Å². The number of aryl methyl sites for hydroxylation is 1. The Bertz CT molecular complexity index is 514. The number of nitrogens with one attached hydrogen (secondary N) is 1. The Morgan fingerprint density at radius 1 is 1.17 bits per heavy atom. The Morgan fingerprint density at radius 2 is 1.94 bits per heavy atom. The molecule has 0 saturated carbocycles. The zero-order valence-corrected chi connectivity index (χ0v) is 10.2. The highest BCUT2D eigenvalue weighted by Gasteiger charge is 2.04. The van der Waals surface area contributed by atoms with E-state index in [2.05, 4.69) is 5.32 Å². The van der Waals surface area contributed by atoms with E-state index in [4.69, 9.17) is 0 Å². The Hall–Kier alpha value is -2.29. The molecular formula is C15H15NO2. The van der Waals surface area contributed by atoms with E-state index in [9.17, 15) is 9.90 Å². The van der Waals surface area contributed by atoms with Crippen molar-refractivity contribution in [3.63, 3.8) is 0 Å². The fourth-order valence-electron chi connectivity index (χ4n) is 1.80. The third kappa shape index (κ3) is 3.35. The van der Waals surface area contributed by atoms with Gasteiger partial charge in [-0.1, -0.05) is 35.9 Å². The van der Waals surface area contributed by atoms with E-state index in [1.807, 2.05) is 31.2 Å². The molecular weight excluding hydrogens is 226 g/mol. The summed E-state index contributed by atoms with van der Waals surface area (Å²) in [5, 5.41) is 12.1. The molecule has 2 N–H and O–H groups in total. The molecule has 0 aromatic heterocycles. The number of hydrogen-bond donors (Lipinski definition) is 2. The summed E-state index contributed by atoms with van der Waals surface area (Å²) in [6, 6.07) is 14.4. The van der Waals surface area contributed by atoms with Crippen molar-refractivity contribution in [2.75, 3.05) is 5.32 Å². The lowest BCUT2D eigenvalue weighted by atomic mass is 10.1. The molecule has 0 bridgehead atoms. The number of amides is 1. The van der Waals surface area contributed by atoms with Crippen molar-refractivity contribution in [2.24, 2.45) is 0 Å². The van der Waals surface area contributed by atoms with Gasteiger partial charge in [0.05, 0.1) is 6.42 Å². The van der Waals surface area contributed by atoms with Gasteiger partial charge in [-0.2, -0.15) is 0 Å². The minimum Gasteiger partial charge on any atom is -0.508 e. The highest BCUT2D eigenvalue weighted by molar-refractivity contribution is 5.92. The van der Waals surface area contributed by atoms with Crippen LogP contribution in [-0.4, -0.2) is 11.0 Å². The van der Waals surface area contributed by atoms with Crippen molar-refractivity contribution in [1.29, 1.82) is 0 Å². The van der Waals surface area contributed by atoms with Gasteiger partial charge < -0.3 is 10.4 Å². The molecule has 18 heavy (non-hydrogen) atoms. The van der Waals surface area contributed by atoms with Crippen LogP contribution in [-0.2, 0) is 11.2 Å². The zero-order chi connectivity index (χ0) is 13.0. The molecule has 0 fully saturated rings. The fourth-order valence-corrected chi connectivity index (χ4v) is 1.80. The van der Waals surface area contributed by atoms with Crippen LogP contribution in [0, 0.1) is 6.92 Å². The summed E-state index contributed by atoms with van der Waals surface area (Å²) in [7, 11) is 0. The first kappa shape index (κ1) is 12.2. The third-order valence-electron chi connectivity index (χ3n) is 2.58. The van der Waals surface area contributed by atoms with Gasteiger partial charge in [0.15, 0.2) is 0 Å². The van der Waals surface area contributed by atoms with E-state index in [1.54, 1.807) is 18.2 Å². The number of benzene rings is 2. The molecule has 1 amide bonds. The van der Waals surface area contributed by atoms with E-state index in [0.717, 1.165) is 11.1 Å². The number of carbonyl (C=O) groups excluding carboxylic acids is 1. The Balaban J connectivity index is 2.01. The molecule has 2 rings (SSSR count). The smallest absolute Gasteiger partial charge is 0.228 e. The second kappa shape index (κ2) is 5.36. The van der Waals surface area contributed by atoms with Gasteiger partial charge in [0.1, 0.15) is 5.75 Å². The normalized spacial score (nSPS) is 10.1. The summed E-state index contributed by atoms with van der Waals surface area (Å²) in [6.07, 6.45) is 0.331. The highest BCUT2D eigenvalue weighted by Crippen LogP contribution is 2.15. The first-order valence-electron chi connectivity index (χ1n) is 5.78. The lowest BCUT2D eigenvalue weighted by molar-refractivity contribution is -0.115. The molecule has 0 atom stereocenters. The van der Waals surface area contributed by atoms with Crippen LogP contribution in [0.2, 0.25) is 0 Å². The third-order valence-corrected chi connectivity index (χ3v) is 2.58. The maximum Gasteiger partial charge on any atom is 0.228 e. The number of aromatic hydroxyl groups is 1. The maximum absolute atomic E-state index is 11.8. The lowest BCUT2D eigenvalue weighted by Crippen LogP contribution is -2.14. The number of anilines is 1. The van der Waals surface area contributed by atoms with Crippen LogP contribution >= 0.6 is 0 Å². The molecule has 0 radical (unpaired) electrons. The lowest BCUT2D eigenvalue weighted by Gasteiger charge is -2.06. The molecule has 0 spiro atoms. The van der Waals surface area contributed by atoms with Gasteiger partial charge in [0.25, 0.3) is 0 Å². The number of rotatable bonds is 3. The van der Waals surface area contributed by atoms with Crippen LogP contribution in [0.5, 0.6) is 5.75 Å².